The smallest absolute Gasteiger partial charge is 0.203 e. The van der Waals surface area contributed by atoms with Crippen LogP contribution in [0.3, 0.4) is 0 Å². The van der Waals surface area contributed by atoms with Gasteiger partial charge in [0.2, 0.25) is 5.95 Å². The quantitative estimate of drug-likeness (QED) is 0.807. The van der Waals surface area contributed by atoms with E-state index in [1.54, 1.807) is 0 Å². The topological polar surface area (TPSA) is 42.7 Å². The van der Waals surface area contributed by atoms with Crippen LogP contribution in [0.1, 0.15) is 44.0 Å². The second-order valence-electron chi connectivity index (χ2n) is 4.85. The first-order valence-corrected chi connectivity index (χ1v) is 6.91. The van der Waals surface area contributed by atoms with E-state index in [1.165, 1.54) is 12.0 Å². The Kier molecular flexibility index (Phi) is 4.55. The molecule has 2 aromatic rings. The van der Waals surface area contributed by atoms with Crippen LogP contribution in [0.2, 0.25) is 0 Å². The zero-order valence-electron chi connectivity index (χ0n) is 11.9. The van der Waals surface area contributed by atoms with Crippen LogP contribution >= 0.6 is 0 Å². The van der Waals surface area contributed by atoms with Crippen LogP contribution in [0.4, 0.5) is 5.95 Å². The lowest BCUT2D eigenvalue weighted by atomic mass is 10.1. The standard InChI is InChI=1S/C15H22N4/c1-4-5-8-17-15-18-12(2)11-19(15)13(3)14-6-9-16-10-7-14/h6-7,9-11,13H,4-5,8H2,1-3H3,(H,17,18). The van der Waals surface area contributed by atoms with Crippen molar-refractivity contribution in [3.8, 4) is 0 Å². The highest BCUT2D eigenvalue weighted by atomic mass is 15.2. The van der Waals surface area contributed by atoms with Gasteiger partial charge >= 0.3 is 0 Å². The van der Waals surface area contributed by atoms with Gasteiger partial charge < -0.3 is 9.88 Å². The van der Waals surface area contributed by atoms with Gasteiger partial charge in [0.05, 0.1) is 11.7 Å². The molecule has 0 aliphatic rings. The van der Waals surface area contributed by atoms with E-state index in [-0.39, 0.29) is 6.04 Å². The van der Waals surface area contributed by atoms with Crippen molar-refractivity contribution in [3.05, 3.63) is 42.0 Å². The van der Waals surface area contributed by atoms with Gasteiger partial charge in [-0.05, 0) is 38.0 Å². The van der Waals surface area contributed by atoms with E-state index in [0.717, 1.165) is 24.6 Å². The molecule has 0 fully saturated rings. The van der Waals surface area contributed by atoms with Gasteiger partial charge in [0, 0.05) is 25.1 Å². The molecule has 4 heteroatoms. The number of unbranched alkanes of at least 4 members (excludes halogenated alkanes) is 1. The Balaban J connectivity index is 2.19. The Bertz CT molecular complexity index is 504. The first-order chi connectivity index (χ1) is 9.22. The van der Waals surface area contributed by atoms with E-state index in [9.17, 15) is 0 Å². The summed E-state index contributed by atoms with van der Waals surface area (Å²) in [5, 5.41) is 3.42. The summed E-state index contributed by atoms with van der Waals surface area (Å²) in [5.41, 5.74) is 2.28. The molecule has 0 amide bonds. The van der Waals surface area contributed by atoms with Crippen molar-refractivity contribution in [1.29, 1.82) is 0 Å². The normalized spacial score (nSPS) is 12.4. The van der Waals surface area contributed by atoms with Crippen molar-refractivity contribution in [2.24, 2.45) is 0 Å². The number of nitrogens with zero attached hydrogens (tertiary/aromatic N) is 3. The number of rotatable bonds is 6. The minimum Gasteiger partial charge on any atom is -0.356 e. The van der Waals surface area contributed by atoms with Crippen molar-refractivity contribution in [2.75, 3.05) is 11.9 Å². The second kappa shape index (κ2) is 6.36. The van der Waals surface area contributed by atoms with Gasteiger partial charge in [-0.2, -0.15) is 0 Å². The Labute approximate surface area is 114 Å². The molecule has 2 heterocycles. The minimum atomic E-state index is 0.258. The molecule has 2 rings (SSSR count). The second-order valence-corrected chi connectivity index (χ2v) is 4.85. The summed E-state index contributed by atoms with van der Waals surface area (Å²) in [5.74, 6) is 0.954. The van der Waals surface area contributed by atoms with Crippen LogP contribution in [-0.2, 0) is 0 Å². The van der Waals surface area contributed by atoms with Gasteiger partial charge in [-0.1, -0.05) is 13.3 Å². The highest BCUT2D eigenvalue weighted by Gasteiger charge is 2.13. The third-order valence-electron chi connectivity index (χ3n) is 3.27. The molecular weight excluding hydrogens is 236 g/mol. The molecular formula is C15H22N4. The van der Waals surface area contributed by atoms with Crippen molar-refractivity contribution >= 4 is 5.95 Å². The largest absolute Gasteiger partial charge is 0.356 e. The molecule has 0 aliphatic carbocycles. The zero-order chi connectivity index (χ0) is 13.7. The lowest BCUT2D eigenvalue weighted by Gasteiger charge is -2.17. The Morgan fingerprint density at radius 3 is 2.74 bits per heavy atom. The summed E-state index contributed by atoms with van der Waals surface area (Å²) in [4.78, 5) is 8.63. The van der Waals surface area contributed by atoms with E-state index in [2.05, 4.69) is 52.0 Å². The average molecular weight is 258 g/mol. The third kappa shape index (κ3) is 3.34. The van der Waals surface area contributed by atoms with Crippen molar-refractivity contribution in [2.45, 2.75) is 39.7 Å². The molecule has 0 radical (unpaired) electrons. The SMILES string of the molecule is CCCCNc1nc(C)cn1C(C)c1ccncc1. The van der Waals surface area contributed by atoms with Crippen LogP contribution in [0, 0.1) is 6.92 Å². The van der Waals surface area contributed by atoms with Gasteiger partial charge in [-0.3, -0.25) is 4.98 Å². The molecule has 1 N–H and O–H groups in total. The van der Waals surface area contributed by atoms with Gasteiger partial charge in [-0.15, -0.1) is 0 Å². The van der Waals surface area contributed by atoms with E-state index in [4.69, 9.17) is 0 Å². The summed E-state index contributed by atoms with van der Waals surface area (Å²) >= 11 is 0. The number of hydrogen-bond donors (Lipinski definition) is 1. The fraction of sp³-hybridized carbons (Fsp3) is 0.467. The highest BCUT2D eigenvalue weighted by molar-refractivity contribution is 5.32. The van der Waals surface area contributed by atoms with Crippen molar-refractivity contribution < 1.29 is 0 Å². The van der Waals surface area contributed by atoms with Gasteiger partial charge in [0.1, 0.15) is 0 Å². The molecule has 1 unspecified atom stereocenters. The Morgan fingerprint density at radius 1 is 1.32 bits per heavy atom. The molecule has 0 aromatic carbocycles. The van der Waals surface area contributed by atoms with Crippen LogP contribution in [-0.4, -0.2) is 21.1 Å². The van der Waals surface area contributed by atoms with Crippen molar-refractivity contribution in [3.63, 3.8) is 0 Å². The summed E-state index contributed by atoms with van der Waals surface area (Å²) in [6.45, 7) is 7.37. The summed E-state index contributed by atoms with van der Waals surface area (Å²) < 4.78 is 2.19. The lowest BCUT2D eigenvalue weighted by molar-refractivity contribution is 0.640. The molecule has 0 saturated carbocycles. The van der Waals surface area contributed by atoms with Crippen LogP contribution < -0.4 is 5.32 Å². The van der Waals surface area contributed by atoms with E-state index < -0.39 is 0 Å². The molecule has 0 spiro atoms. The highest BCUT2D eigenvalue weighted by Crippen LogP contribution is 2.22. The molecule has 0 saturated heterocycles. The molecule has 0 aliphatic heterocycles. The number of hydrogen-bond acceptors (Lipinski definition) is 3. The summed E-state index contributed by atoms with van der Waals surface area (Å²) in [6.07, 6.45) is 8.11. The molecule has 2 aromatic heterocycles. The maximum absolute atomic E-state index is 4.57. The Morgan fingerprint density at radius 2 is 2.05 bits per heavy atom. The first kappa shape index (κ1) is 13.6. The number of pyridine rings is 1. The summed E-state index contributed by atoms with van der Waals surface area (Å²) in [6, 6.07) is 4.36. The fourth-order valence-electron chi connectivity index (χ4n) is 2.12. The molecule has 0 bridgehead atoms. The molecule has 1 atom stereocenters. The predicted molar refractivity (Wildman–Crippen MR) is 78.4 cm³/mol. The van der Waals surface area contributed by atoms with Crippen LogP contribution in [0.25, 0.3) is 0 Å². The molecule has 102 valence electrons. The van der Waals surface area contributed by atoms with Crippen LogP contribution in [0.15, 0.2) is 30.7 Å². The zero-order valence-corrected chi connectivity index (χ0v) is 11.9. The summed E-state index contributed by atoms with van der Waals surface area (Å²) in [7, 11) is 0. The number of nitrogens with one attached hydrogen (secondary N) is 1. The predicted octanol–water partition coefficient (Wildman–Crippen LogP) is 3.41. The number of aromatic nitrogens is 3. The van der Waals surface area contributed by atoms with Gasteiger partial charge in [0.25, 0.3) is 0 Å². The maximum atomic E-state index is 4.57. The number of imidazole rings is 1. The average Bonchev–Trinajstić information content (AvgIpc) is 2.80. The molecule has 4 nitrogen and oxygen atoms in total. The van der Waals surface area contributed by atoms with E-state index in [1.807, 2.05) is 19.3 Å². The lowest BCUT2D eigenvalue weighted by Crippen LogP contribution is -2.12. The number of aryl methyl sites for hydroxylation is 1. The minimum absolute atomic E-state index is 0.258. The van der Waals surface area contributed by atoms with Gasteiger partial charge in [0.15, 0.2) is 0 Å². The van der Waals surface area contributed by atoms with E-state index in [0.29, 0.717) is 0 Å². The maximum Gasteiger partial charge on any atom is 0.203 e. The molecule has 19 heavy (non-hydrogen) atoms. The van der Waals surface area contributed by atoms with Crippen LogP contribution in [0.5, 0.6) is 0 Å². The van der Waals surface area contributed by atoms with Crippen molar-refractivity contribution in [1.82, 2.24) is 14.5 Å². The first-order valence-electron chi connectivity index (χ1n) is 6.91. The Hall–Kier alpha value is -1.84. The fourth-order valence-corrected chi connectivity index (χ4v) is 2.12. The van der Waals surface area contributed by atoms with Gasteiger partial charge in [-0.25, -0.2) is 4.98 Å². The number of anilines is 1. The monoisotopic (exact) mass is 258 g/mol. The van der Waals surface area contributed by atoms with E-state index >= 15 is 0 Å². The third-order valence-corrected chi connectivity index (χ3v) is 3.27.